The van der Waals surface area contributed by atoms with Crippen LogP contribution >= 0.6 is 11.8 Å². The number of carboxylic acid groups (broad SMARTS) is 2. The summed E-state index contributed by atoms with van der Waals surface area (Å²) >= 11 is 1.64. The molecule has 1 fully saturated rings. The van der Waals surface area contributed by atoms with Gasteiger partial charge < -0.3 is 10.2 Å². The van der Waals surface area contributed by atoms with E-state index in [1.807, 2.05) is 18.2 Å². The Hall–Kier alpha value is -2.65. The number of piperazine rings is 1. The Labute approximate surface area is 161 Å². The number of carbonyl (C=O) groups is 2. The molecule has 9 heteroatoms. The van der Waals surface area contributed by atoms with Crippen molar-refractivity contribution in [3.05, 3.63) is 48.3 Å². The van der Waals surface area contributed by atoms with E-state index in [0.29, 0.717) is 30.7 Å². The fourth-order valence-corrected chi connectivity index (χ4v) is 4.12. The first-order valence-electron chi connectivity index (χ1n) is 8.58. The van der Waals surface area contributed by atoms with E-state index in [9.17, 15) is 14.7 Å². The molecule has 0 spiro atoms. The Morgan fingerprint density at radius 3 is 2.44 bits per heavy atom. The maximum atomic E-state index is 11.2. The van der Waals surface area contributed by atoms with Crippen molar-refractivity contribution in [2.45, 2.75) is 5.03 Å². The van der Waals surface area contributed by atoms with Crippen LogP contribution in [0.3, 0.4) is 0 Å². The van der Waals surface area contributed by atoms with Crippen molar-refractivity contribution in [2.24, 2.45) is 0 Å². The number of aromatic carboxylic acids is 1. The number of hydrogen-bond donors (Lipinski definition) is 2. The van der Waals surface area contributed by atoms with E-state index in [1.165, 1.54) is 11.1 Å². The highest BCUT2D eigenvalue weighted by atomic mass is 32.2. The van der Waals surface area contributed by atoms with Crippen molar-refractivity contribution in [1.82, 2.24) is 19.4 Å². The highest BCUT2D eigenvalue weighted by Crippen LogP contribution is 2.26. The van der Waals surface area contributed by atoms with E-state index in [2.05, 4.69) is 9.97 Å². The van der Waals surface area contributed by atoms with Crippen LogP contribution in [0.4, 0.5) is 10.6 Å². The summed E-state index contributed by atoms with van der Waals surface area (Å²) < 4.78 is 0.531. The Balaban J connectivity index is 1.76. The number of nitrogens with zero attached hydrogens (tertiary/aromatic N) is 4. The van der Waals surface area contributed by atoms with Gasteiger partial charge in [-0.1, -0.05) is 6.07 Å². The predicted molar refractivity (Wildman–Crippen MR) is 102 cm³/mol. The van der Waals surface area contributed by atoms with Crippen LogP contribution in [0.15, 0.2) is 47.8 Å². The number of hydrogen-bond acceptors (Lipinski definition) is 5. The molecule has 8 nitrogen and oxygen atoms in total. The molecule has 1 aliphatic heterocycles. The molecule has 0 saturated carbocycles. The van der Waals surface area contributed by atoms with Crippen molar-refractivity contribution >= 4 is 29.6 Å². The lowest BCUT2D eigenvalue weighted by Crippen LogP contribution is -2.62. The molecule has 0 radical (unpaired) electrons. The molecule has 0 atom stereocenters. The van der Waals surface area contributed by atoms with Gasteiger partial charge in [-0.3, -0.25) is 9.38 Å². The van der Waals surface area contributed by atoms with Crippen LogP contribution < -0.4 is 4.48 Å². The van der Waals surface area contributed by atoms with Gasteiger partial charge in [0.2, 0.25) is 5.82 Å². The first-order valence-corrected chi connectivity index (χ1v) is 9.56. The molecule has 2 N–H and O–H groups in total. The number of carboxylic acids is 1. The Bertz CT molecular complexity index is 793. The van der Waals surface area contributed by atoms with Gasteiger partial charge in [-0.05, 0) is 18.2 Å². The van der Waals surface area contributed by atoms with Crippen LogP contribution in [0.2, 0.25) is 0 Å². The maximum absolute atomic E-state index is 11.2. The molecule has 2 aromatic heterocycles. The number of rotatable bonds is 6. The van der Waals surface area contributed by atoms with Crippen molar-refractivity contribution < 1.29 is 19.8 Å². The van der Waals surface area contributed by atoms with Gasteiger partial charge >= 0.3 is 12.1 Å². The van der Waals surface area contributed by atoms with Crippen LogP contribution in [0.5, 0.6) is 0 Å². The van der Waals surface area contributed by atoms with Crippen LogP contribution in [0, 0.1) is 0 Å². The fourth-order valence-electron chi connectivity index (χ4n) is 3.16. The van der Waals surface area contributed by atoms with Gasteiger partial charge in [-0.2, -0.15) is 0 Å². The summed E-state index contributed by atoms with van der Waals surface area (Å²) in [4.78, 5) is 32.4. The van der Waals surface area contributed by atoms with Crippen LogP contribution in [0.25, 0.3) is 0 Å². The van der Waals surface area contributed by atoms with Gasteiger partial charge in [0, 0.05) is 24.2 Å². The number of quaternary nitrogens is 1. The fraction of sp³-hybridized carbons (Fsp3) is 0.333. The van der Waals surface area contributed by atoms with Crippen LogP contribution in [-0.2, 0) is 0 Å². The van der Waals surface area contributed by atoms with E-state index in [0.717, 1.165) is 23.1 Å². The molecular weight excluding hydrogens is 368 g/mol. The largest absolute Gasteiger partial charge is 0.478 e. The van der Waals surface area contributed by atoms with E-state index in [1.54, 1.807) is 30.1 Å². The number of pyridine rings is 2. The zero-order valence-corrected chi connectivity index (χ0v) is 15.5. The second kappa shape index (κ2) is 8.36. The number of thioether (sulfide) groups is 1. The molecule has 0 bridgehead atoms. The quantitative estimate of drug-likeness (QED) is 0.577. The predicted octanol–water partition coefficient (Wildman–Crippen LogP) is 2.27. The van der Waals surface area contributed by atoms with E-state index in [4.69, 9.17) is 5.11 Å². The smallest absolute Gasteiger partial charge is 0.407 e. The zero-order valence-electron chi connectivity index (χ0n) is 14.7. The maximum Gasteiger partial charge on any atom is 0.407 e. The SMILES string of the molecule is O=C(O)c1ccc([N+]2(CCSc3ccccn3)CCN(C(=O)O)CC2)nc1. The van der Waals surface area contributed by atoms with E-state index >= 15 is 0 Å². The highest BCUT2D eigenvalue weighted by Gasteiger charge is 2.37. The van der Waals surface area contributed by atoms with Crippen molar-refractivity contribution in [3.8, 4) is 0 Å². The molecule has 3 rings (SSSR count). The summed E-state index contributed by atoms with van der Waals surface area (Å²) in [6.45, 7) is 2.81. The molecular formula is C18H21N4O4S+. The van der Waals surface area contributed by atoms with Crippen LogP contribution in [-0.4, -0.2) is 75.6 Å². The molecule has 1 saturated heterocycles. The molecule has 1 amide bonds. The minimum Gasteiger partial charge on any atom is -0.478 e. The minimum absolute atomic E-state index is 0.143. The first kappa shape index (κ1) is 19.1. The van der Waals surface area contributed by atoms with Gasteiger partial charge in [-0.15, -0.1) is 11.8 Å². The third-order valence-corrected chi connectivity index (χ3v) is 5.68. The molecule has 27 heavy (non-hydrogen) atoms. The topological polar surface area (TPSA) is 104 Å². The Morgan fingerprint density at radius 1 is 1.11 bits per heavy atom. The zero-order chi connectivity index (χ0) is 19.3. The van der Waals surface area contributed by atoms with Gasteiger partial charge in [0.1, 0.15) is 13.1 Å². The highest BCUT2D eigenvalue weighted by molar-refractivity contribution is 7.99. The summed E-state index contributed by atoms with van der Waals surface area (Å²) in [6.07, 6.45) is 2.21. The molecule has 142 valence electrons. The number of aromatic nitrogens is 2. The molecule has 2 aromatic rings. The molecule has 0 unspecified atom stereocenters. The van der Waals surface area contributed by atoms with Gasteiger partial charge in [0.15, 0.2) is 0 Å². The lowest BCUT2D eigenvalue weighted by Gasteiger charge is -2.42. The number of amides is 1. The summed E-state index contributed by atoms with van der Waals surface area (Å²) in [6, 6.07) is 9.07. The third-order valence-electron chi connectivity index (χ3n) is 4.75. The van der Waals surface area contributed by atoms with Gasteiger partial charge in [0.05, 0.1) is 30.2 Å². The third kappa shape index (κ3) is 4.55. The average Bonchev–Trinajstić information content (AvgIpc) is 2.69. The lowest BCUT2D eigenvalue weighted by molar-refractivity contribution is 0.0695. The lowest BCUT2D eigenvalue weighted by atomic mass is 10.2. The molecule has 0 aliphatic carbocycles. The van der Waals surface area contributed by atoms with Crippen molar-refractivity contribution in [2.75, 3.05) is 38.5 Å². The monoisotopic (exact) mass is 389 g/mol. The average molecular weight is 389 g/mol. The Kier molecular flexibility index (Phi) is 5.92. The van der Waals surface area contributed by atoms with Crippen LogP contribution in [0.1, 0.15) is 10.4 Å². The minimum atomic E-state index is -1.01. The van der Waals surface area contributed by atoms with Gasteiger partial charge in [-0.25, -0.2) is 19.6 Å². The second-order valence-electron chi connectivity index (χ2n) is 6.31. The summed E-state index contributed by atoms with van der Waals surface area (Å²) in [5, 5.41) is 19.3. The summed E-state index contributed by atoms with van der Waals surface area (Å²) in [5.41, 5.74) is 0.143. The molecule has 0 aromatic carbocycles. The van der Waals surface area contributed by atoms with Gasteiger partial charge in [0.25, 0.3) is 0 Å². The second-order valence-corrected chi connectivity index (χ2v) is 7.43. The molecule has 1 aliphatic rings. The van der Waals surface area contributed by atoms with E-state index < -0.39 is 12.1 Å². The standard InChI is InChI=1S/C18H20N4O4S/c23-17(24)14-4-5-15(20-13-14)22(9-7-21(8-10-22)18(25)26)11-12-27-16-3-1-2-6-19-16/h1-6,13H,7-12H2,(H-,23,24,25,26)/p+1. The first-order chi connectivity index (χ1) is 13.0. The summed E-state index contributed by atoms with van der Waals surface area (Å²) in [7, 11) is 0. The normalized spacial score (nSPS) is 16.1. The van der Waals surface area contributed by atoms with Crippen molar-refractivity contribution in [3.63, 3.8) is 0 Å². The molecule has 3 heterocycles. The van der Waals surface area contributed by atoms with E-state index in [-0.39, 0.29) is 5.56 Å². The van der Waals surface area contributed by atoms with Crippen molar-refractivity contribution in [1.29, 1.82) is 0 Å². The Morgan fingerprint density at radius 2 is 1.89 bits per heavy atom. The summed E-state index contributed by atoms with van der Waals surface area (Å²) in [5.74, 6) is 0.556.